The van der Waals surface area contributed by atoms with Crippen LogP contribution < -0.4 is 5.32 Å². The minimum atomic E-state index is 0.763. The molecule has 1 N–H and O–H groups in total. The lowest BCUT2D eigenvalue weighted by Gasteiger charge is -2.16. The van der Waals surface area contributed by atoms with E-state index in [4.69, 9.17) is 0 Å². The zero-order valence-corrected chi connectivity index (χ0v) is 10.9. The molecule has 0 bridgehead atoms. The third-order valence-electron chi connectivity index (χ3n) is 3.11. The largest absolute Gasteiger partial charge is 0.316 e. The summed E-state index contributed by atoms with van der Waals surface area (Å²) in [5.74, 6) is 0.763. The third-order valence-corrected chi connectivity index (χ3v) is 3.11. The van der Waals surface area contributed by atoms with Gasteiger partial charge in [0.2, 0.25) is 0 Å². The lowest BCUT2D eigenvalue weighted by Crippen LogP contribution is -2.05. The summed E-state index contributed by atoms with van der Waals surface area (Å²) in [6.07, 6.45) is 5.20. The summed E-state index contributed by atoms with van der Waals surface area (Å²) < 4.78 is 0. The second kappa shape index (κ2) is 7.45. The van der Waals surface area contributed by atoms with Gasteiger partial charge in [0.1, 0.15) is 0 Å². The first-order valence-electron chi connectivity index (χ1n) is 6.55. The summed E-state index contributed by atoms with van der Waals surface area (Å²) >= 11 is 0. The number of rotatable bonds is 7. The quantitative estimate of drug-likeness (QED) is 0.728. The molecule has 0 aliphatic carbocycles. The number of benzene rings is 1. The zero-order chi connectivity index (χ0) is 11.8. The lowest BCUT2D eigenvalue weighted by atomic mass is 9.90. The SMILES string of the molecule is CCCC(CCC)c1ccc(CNC)cc1. The Hall–Kier alpha value is -0.820. The van der Waals surface area contributed by atoms with Gasteiger partial charge in [-0.25, -0.2) is 0 Å². The second-order valence-electron chi connectivity index (χ2n) is 4.55. The molecule has 0 fully saturated rings. The first-order valence-corrected chi connectivity index (χ1v) is 6.55. The maximum Gasteiger partial charge on any atom is 0.0202 e. The Bertz CT molecular complexity index is 270. The van der Waals surface area contributed by atoms with E-state index < -0.39 is 0 Å². The van der Waals surface area contributed by atoms with Crippen LogP contribution in [0, 0.1) is 0 Å². The van der Waals surface area contributed by atoms with E-state index in [0.717, 1.165) is 12.5 Å². The van der Waals surface area contributed by atoms with Crippen molar-refractivity contribution in [3.8, 4) is 0 Å². The van der Waals surface area contributed by atoms with Crippen molar-refractivity contribution < 1.29 is 0 Å². The topological polar surface area (TPSA) is 12.0 Å². The first kappa shape index (κ1) is 13.2. The molecule has 0 atom stereocenters. The highest BCUT2D eigenvalue weighted by atomic mass is 14.8. The van der Waals surface area contributed by atoms with Crippen LogP contribution in [0.4, 0.5) is 0 Å². The van der Waals surface area contributed by atoms with Crippen molar-refractivity contribution in [2.24, 2.45) is 0 Å². The highest BCUT2D eigenvalue weighted by Crippen LogP contribution is 2.26. The molecule has 0 aliphatic rings. The Labute approximate surface area is 100 Å². The molecule has 1 heteroatoms. The zero-order valence-electron chi connectivity index (χ0n) is 10.9. The monoisotopic (exact) mass is 219 g/mol. The maximum absolute atomic E-state index is 3.18. The molecule has 90 valence electrons. The molecule has 1 aromatic carbocycles. The third kappa shape index (κ3) is 3.97. The summed E-state index contributed by atoms with van der Waals surface area (Å²) in [7, 11) is 1.99. The molecule has 0 aliphatic heterocycles. The Morgan fingerprint density at radius 1 is 1.00 bits per heavy atom. The van der Waals surface area contributed by atoms with Crippen LogP contribution in [0.2, 0.25) is 0 Å². The van der Waals surface area contributed by atoms with Crippen molar-refractivity contribution in [2.75, 3.05) is 7.05 Å². The van der Waals surface area contributed by atoms with E-state index in [-0.39, 0.29) is 0 Å². The van der Waals surface area contributed by atoms with Crippen molar-refractivity contribution >= 4 is 0 Å². The Balaban J connectivity index is 2.68. The van der Waals surface area contributed by atoms with Crippen LogP contribution in [0.25, 0.3) is 0 Å². The van der Waals surface area contributed by atoms with E-state index in [0.29, 0.717) is 0 Å². The van der Waals surface area contributed by atoms with Crippen LogP contribution in [0.1, 0.15) is 56.6 Å². The predicted molar refractivity (Wildman–Crippen MR) is 71.8 cm³/mol. The van der Waals surface area contributed by atoms with Gasteiger partial charge in [-0.15, -0.1) is 0 Å². The molecule has 0 saturated carbocycles. The van der Waals surface area contributed by atoms with Gasteiger partial charge in [0.05, 0.1) is 0 Å². The molecule has 1 rings (SSSR count). The van der Waals surface area contributed by atoms with E-state index in [1.165, 1.54) is 36.8 Å². The van der Waals surface area contributed by atoms with E-state index in [1.807, 2.05) is 7.05 Å². The van der Waals surface area contributed by atoms with E-state index in [2.05, 4.69) is 43.4 Å². The Morgan fingerprint density at radius 2 is 1.56 bits per heavy atom. The lowest BCUT2D eigenvalue weighted by molar-refractivity contribution is 0.560. The average molecular weight is 219 g/mol. The first-order chi connectivity index (χ1) is 7.81. The van der Waals surface area contributed by atoms with Crippen molar-refractivity contribution in [2.45, 2.75) is 52.0 Å². The van der Waals surface area contributed by atoms with Crippen LogP contribution in [-0.4, -0.2) is 7.05 Å². The fraction of sp³-hybridized carbons (Fsp3) is 0.600. The van der Waals surface area contributed by atoms with Crippen LogP contribution >= 0.6 is 0 Å². The molecular weight excluding hydrogens is 194 g/mol. The molecule has 0 spiro atoms. The van der Waals surface area contributed by atoms with Gasteiger partial charge in [0, 0.05) is 6.54 Å². The van der Waals surface area contributed by atoms with Crippen LogP contribution in [0.15, 0.2) is 24.3 Å². The maximum atomic E-state index is 3.18. The van der Waals surface area contributed by atoms with E-state index in [9.17, 15) is 0 Å². The number of hydrogen-bond donors (Lipinski definition) is 1. The summed E-state index contributed by atoms with van der Waals surface area (Å²) in [6, 6.07) is 9.12. The van der Waals surface area contributed by atoms with Crippen molar-refractivity contribution in [1.29, 1.82) is 0 Å². The second-order valence-corrected chi connectivity index (χ2v) is 4.55. The highest BCUT2D eigenvalue weighted by molar-refractivity contribution is 5.25. The molecule has 1 aromatic rings. The summed E-state index contributed by atoms with van der Waals surface area (Å²) in [6.45, 7) is 5.52. The molecule has 0 heterocycles. The van der Waals surface area contributed by atoms with Crippen molar-refractivity contribution in [3.63, 3.8) is 0 Å². The number of hydrogen-bond acceptors (Lipinski definition) is 1. The van der Waals surface area contributed by atoms with Gasteiger partial charge in [-0.05, 0) is 36.9 Å². The summed E-state index contributed by atoms with van der Waals surface area (Å²) in [5.41, 5.74) is 2.89. The van der Waals surface area contributed by atoms with Crippen molar-refractivity contribution in [3.05, 3.63) is 35.4 Å². The smallest absolute Gasteiger partial charge is 0.0202 e. The van der Waals surface area contributed by atoms with Gasteiger partial charge in [-0.1, -0.05) is 51.0 Å². The normalized spacial score (nSPS) is 11.0. The minimum Gasteiger partial charge on any atom is -0.316 e. The Kier molecular flexibility index (Phi) is 6.17. The van der Waals surface area contributed by atoms with E-state index >= 15 is 0 Å². The van der Waals surface area contributed by atoms with E-state index in [1.54, 1.807) is 0 Å². The molecule has 0 saturated heterocycles. The van der Waals surface area contributed by atoms with Gasteiger partial charge in [0.15, 0.2) is 0 Å². The summed E-state index contributed by atoms with van der Waals surface area (Å²) in [4.78, 5) is 0. The van der Waals surface area contributed by atoms with Gasteiger partial charge in [0.25, 0.3) is 0 Å². The molecular formula is C15H25N. The minimum absolute atomic E-state index is 0.763. The van der Waals surface area contributed by atoms with Gasteiger partial charge >= 0.3 is 0 Å². The molecule has 1 nitrogen and oxygen atoms in total. The van der Waals surface area contributed by atoms with Crippen LogP contribution in [0.3, 0.4) is 0 Å². The van der Waals surface area contributed by atoms with Crippen LogP contribution in [-0.2, 0) is 6.54 Å². The summed E-state index contributed by atoms with van der Waals surface area (Å²) in [5, 5.41) is 3.18. The predicted octanol–water partition coefficient (Wildman–Crippen LogP) is 4.09. The molecule has 0 aromatic heterocycles. The highest BCUT2D eigenvalue weighted by Gasteiger charge is 2.08. The van der Waals surface area contributed by atoms with Gasteiger partial charge in [-0.2, -0.15) is 0 Å². The molecule has 0 radical (unpaired) electrons. The fourth-order valence-corrected chi connectivity index (χ4v) is 2.29. The molecule has 16 heavy (non-hydrogen) atoms. The van der Waals surface area contributed by atoms with Crippen molar-refractivity contribution in [1.82, 2.24) is 5.32 Å². The number of nitrogens with one attached hydrogen (secondary N) is 1. The molecule has 0 amide bonds. The van der Waals surface area contributed by atoms with Gasteiger partial charge < -0.3 is 5.32 Å². The molecule has 0 unspecified atom stereocenters. The van der Waals surface area contributed by atoms with Crippen LogP contribution in [0.5, 0.6) is 0 Å². The Morgan fingerprint density at radius 3 is 2.00 bits per heavy atom. The van der Waals surface area contributed by atoms with Gasteiger partial charge in [-0.3, -0.25) is 0 Å². The standard InChI is InChI=1S/C15H25N/c1-4-6-14(7-5-2)15-10-8-13(9-11-15)12-16-3/h8-11,14,16H,4-7,12H2,1-3H3. The average Bonchev–Trinajstić information content (AvgIpc) is 2.30. The fourth-order valence-electron chi connectivity index (χ4n) is 2.29.